The molecule has 0 radical (unpaired) electrons. The lowest BCUT2D eigenvalue weighted by molar-refractivity contribution is -0.125. The van der Waals surface area contributed by atoms with Gasteiger partial charge in [0.05, 0.1) is 28.6 Å². The van der Waals surface area contributed by atoms with E-state index in [1.807, 2.05) is 17.8 Å². The fourth-order valence-corrected chi connectivity index (χ4v) is 5.09. The lowest BCUT2D eigenvalue weighted by Gasteiger charge is -2.34. The quantitative estimate of drug-likeness (QED) is 0.758. The van der Waals surface area contributed by atoms with Gasteiger partial charge in [0.1, 0.15) is 0 Å². The zero-order chi connectivity index (χ0) is 19.3. The Morgan fingerprint density at radius 3 is 2.82 bits per heavy atom. The number of fused-ring (bicyclic) bond motifs is 1. The molecule has 0 unspecified atom stereocenters. The molecule has 1 aromatic carbocycles. The van der Waals surface area contributed by atoms with Gasteiger partial charge in [0.25, 0.3) is 0 Å². The smallest absolute Gasteiger partial charge is 0.223 e. The van der Waals surface area contributed by atoms with Crippen molar-refractivity contribution >= 4 is 23.4 Å². The molecule has 3 heterocycles. The Bertz CT molecular complexity index is 820. The van der Waals surface area contributed by atoms with E-state index in [2.05, 4.69) is 40.5 Å². The van der Waals surface area contributed by atoms with Crippen molar-refractivity contribution in [1.82, 2.24) is 10.3 Å². The number of methoxy groups -OCH3 is 1. The third kappa shape index (κ3) is 4.18. The van der Waals surface area contributed by atoms with Crippen LogP contribution in [0.15, 0.2) is 41.3 Å². The van der Waals surface area contributed by atoms with E-state index in [9.17, 15) is 4.79 Å². The van der Waals surface area contributed by atoms with Crippen LogP contribution in [-0.2, 0) is 16.0 Å². The molecule has 0 aliphatic carbocycles. The first kappa shape index (κ1) is 19.3. The van der Waals surface area contributed by atoms with E-state index >= 15 is 0 Å². The summed E-state index contributed by atoms with van der Waals surface area (Å²) in [5.41, 5.74) is 4.73. The van der Waals surface area contributed by atoms with Crippen LogP contribution in [0, 0.1) is 5.92 Å². The number of ether oxygens (including phenoxy) is 1. The number of thioether (sulfide) groups is 1. The Morgan fingerprint density at radius 2 is 2.07 bits per heavy atom. The van der Waals surface area contributed by atoms with Crippen LogP contribution in [-0.4, -0.2) is 50.0 Å². The summed E-state index contributed by atoms with van der Waals surface area (Å²) >= 11 is 1.92. The molecule has 2 aromatic rings. The number of rotatable bonds is 6. The fraction of sp³-hybridized carbons (Fsp3) is 0.455. The number of aromatic nitrogens is 1. The highest BCUT2D eigenvalue weighted by atomic mass is 32.2. The minimum absolute atomic E-state index is 0.101. The molecule has 6 heteroatoms. The normalized spacial score (nSPS) is 16.8. The molecule has 2 aliphatic heterocycles. The third-order valence-corrected chi connectivity index (χ3v) is 6.63. The number of anilines is 1. The predicted octanol–water partition coefficient (Wildman–Crippen LogP) is 3.38. The molecular formula is C22H27N3O2S. The second-order valence-electron chi connectivity index (χ2n) is 7.31. The van der Waals surface area contributed by atoms with Crippen LogP contribution in [0.2, 0.25) is 0 Å². The van der Waals surface area contributed by atoms with Crippen molar-refractivity contribution in [3.63, 3.8) is 0 Å². The number of carbonyl (C=O) groups is 1. The van der Waals surface area contributed by atoms with Gasteiger partial charge in [-0.15, -0.1) is 11.8 Å². The number of benzene rings is 1. The van der Waals surface area contributed by atoms with Crippen LogP contribution >= 0.6 is 11.8 Å². The summed E-state index contributed by atoms with van der Waals surface area (Å²) in [6.07, 6.45) is 2.81. The van der Waals surface area contributed by atoms with Gasteiger partial charge < -0.3 is 15.0 Å². The first-order chi connectivity index (χ1) is 13.8. The third-order valence-electron chi connectivity index (χ3n) is 5.49. The molecule has 0 bridgehead atoms. The highest BCUT2D eigenvalue weighted by Crippen LogP contribution is 2.41. The molecule has 4 rings (SSSR count). The van der Waals surface area contributed by atoms with Gasteiger partial charge in [-0.3, -0.25) is 9.78 Å². The van der Waals surface area contributed by atoms with Gasteiger partial charge >= 0.3 is 0 Å². The van der Waals surface area contributed by atoms with Gasteiger partial charge in [0, 0.05) is 50.4 Å². The maximum absolute atomic E-state index is 12.3. The summed E-state index contributed by atoms with van der Waals surface area (Å²) in [4.78, 5) is 21.1. The van der Waals surface area contributed by atoms with Crippen LogP contribution in [0.4, 0.5) is 5.69 Å². The Morgan fingerprint density at radius 1 is 1.29 bits per heavy atom. The van der Waals surface area contributed by atoms with Crippen LogP contribution in [0.3, 0.4) is 0 Å². The van der Waals surface area contributed by atoms with E-state index in [0.29, 0.717) is 13.2 Å². The number of nitrogens with one attached hydrogen (secondary N) is 1. The number of hydrogen-bond donors (Lipinski definition) is 1. The van der Waals surface area contributed by atoms with Crippen LogP contribution in [0.1, 0.15) is 18.5 Å². The molecule has 2 aliphatic rings. The van der Waals surface area contributed by atoms with E-state index in [1.165, 1.54) is 16.3 Å². The van der Waals surface area contributed by atoms with E-state index in [-0.39, 0.29) is 11.8 Å². The predicted molar refractivity (Wildman–Crippen MR) is 114 cm³/mol. The second-order valence-corrected chi connectivity index (χ2v) is 8.42. The van der Waals surface area contributed by atoms with Crippen molar-refractivity contribution < 1.29 is 9.53 Å². The van der Waals surface area contributed by atoms with Gasteiger partial charge in [-0.05, 0) is 18.9 Å². The molecule has 1 amide bonds. The number of piperidine rings is 1. The molecule has 5 nitrogen and oxygen atoms in total. The zero-order valence-electron chi connectivity index (χ0n) is 16.3. The standard InChI is InChI=1S/C22H27N3O2S/c1-27-13-10-23-22(26)17-7-11-25(12-8-17)20-15-19(16-5-3-2-4-6-16)24-18-9-14-28-21(18)20/h2-6,15,17H,7-14H2,1H3,(H,23,26). The van der Waals surface area contributed by atoms with Crippen molar-refractivity contribution in [3.8, 4) is 11.3 Å². The molecule has 0 atom stereocenters. The van der Waals surface area contributed by atoms with Crippen molar-refractivity contribution in [2.45, 2.75) is 24.2 Å². The molecule has 1 saturated heterocycles. The van der Waals surface area contributed by atoms with Gasteiger partial charge in [-0.1, -0.05) is 30.3 Å². The number of amides is 1. The molecule has 0 spiro atoms. The molecular weight excluding hydrogens is 370 g/mol. The number of pyridine rings is 1. The van der Waals surface area contributed by atoms with Crippen molar-refractivity contribution in [1.29, 1.82) is 0 Å². The first-order valence-electron chi connectivity index (χ1n) is 10.00. The largest absolute Gasteiger partial charge is 0.383 e. The van der Waals surface area contributed by atoms with Crippen molar-refractivity contribution in [2.75, 3.05) is 44.0 Å². The summed E-state index contributed by atoms with van der Waals surface area (Å²) in [5.74, 6) is 1.37. The van der Waals surface area contributed by atoms with Crippen LogP contribution in [0.5, 0.6) is 0 Å². The number of aryl methyl sites for hydroxylation is 1. The summed E-state index contributed by atoms with van der Waals surface area (Å²) in [6.45, 7) is 2.97. The molecule has 1 aromatic heterocycles. The lowest BCUT2D eigenvalue weighted by atomic mass is 9.95. The SMILES string of the molecule is COCCNC(=O)C1CCN(c2cc(-c3ccccc3)nc3c2SCC3)CC1. The van der Waals surface area contributed by atoms with E-state index < -0.39 is 0 Å². The zero-order valence-corrected chi connectivity index (χ0v) is 17.1. The fourth-order valence-electron chi connectivity index (χ4n) is 3.94. The maximum atomic E-state index is 12.3. The monoisotopic (exact) mass is 397 g/mol. The molecule has 1 fully saturated rings. The number of hydrogen-bond acceptors (Lipinski definition) is 5. The van der Waals surface area contributed by atoms with Crippen LogP contribution < -0.4 is 10.2 Å². The minimum Gasteiger partial charge on any atom is -0.383 e. The molecule has 28 heavy (non-hydrogen) atoms. The van der Waals surface area contributed by atoms with Gasteiger partial charge in [0.2, 0.25) is 5.91 Å². The highest BCUT2D eigenvalue weighted by molar-refractivity contribution is 7.99. The summed E-state index contributed by atoms with van der Waals surface area (Å²) in [6, 6.07) is 12.6. The highest BCUT2D eigenvalue weighted by Gasteiger charge is 2.28. The molecule has 1 N–H and O–H groups in total. The van der Waals surface area contributed by atoms with E-state index in [1.54, 1.807) is 7.11 Å². The van der Waals surface area contributed by atoms with E-state index in [0.717, 1.165) is 49.4 Å². The Labute approximate surface area is 170 Å². The Balaban J connectivity index is 1.49. The molecule has 0 saturated carbocycles. The lowest BCUT2D eigenvalue weighted by Crippen LogP contribution is -2.41. The Kier molecular flexibility index (Phi) is 6.17. The van der Waals surface area contributed by atoms with Crippen molar-refractivity contribution in [3.05, 3.63) is 42.1 Å². The maximum Gasteiger partial charge on any atom is 0.223 e. The number of nitrogens with zero attached hydrogens (tertiary/aromatic N) is 2. The average molecular weight is 398 g/mol. The molecule has 148 valence electrons. The van der Waals surface area contributed by atoms with Gasteiger partial charge in [0.15, 0.2) is 0 Å². The van der Waals surface area contributed by atoms with Crippen molar-refractivity contribution in [2.24, 2.45) is 5.92 Å². The Hall–Kier alpha value is -2.05. The summed E-state index contributed by atoms with van der Waals surface area (Å²) in [5, 5.41) is 2.98. The van der Waals surface area contributed by atoms with Gasteiger partial charge in [-0.25, -0.2) is 0 Å². The average Bonchev–Trinajstić information content (AvgIpc) is 3.23. The van der Waals surface area contributed by atoms with Crippen LogP contribution in [0.25, 0.3) is 11.3 Å². The van der Waals surface area contributed by atoms with E-state index in [4.69, 9.17) is 9.72 Å². The second kappa shape index (κ2) is 8.97. The first-order valence-corrected chi connectivity index (χ1v) is 11.0. The summed E-state index contributed by atoms with van der Waals surface area (Å²) < 4.78 is 5.01. The van der Waals surface area contributed by atoms with Gasteiger partial charge in [-0.2, -0.15) is 0 Å². The number of carbonyl (C=O) groups excluding carboxylic acids is 1. The minimum atomic E-state index is 0.101. The summed E-state index contributed by atoms with van der Waals surface area (Å²) in [7, 11) is 1.65. The topological polar surface area (TPSA) is 54.5 Å².